The van der Waals surface area contributed by atoms with Gasteiger partial charge in [0.2, 0.25) is 0 Å². The highest BCUT2D eigenvalue weighted by Crippen LogP contribution is 2.15. The summed E-state index contributed by atoms with van der Waals surface area (Å²) in [6, 6.07) is 0. The summed E-state index contributed by atoms with van der Waals surface area (Å²) in [5.41, 5.74) is 0. The molecule has 0 heterocycles. The molecule has 0 spiro atoms. The Labute approximate surface area is 413 Å². The lowest BCUT2D eigenvalue weighted by Crippen LogP contribution is -2.30. The largest absolute Gasteiger partial charge is 0.462 e. The van der Waals surface area contributed by atoms with Crippen LogP contribution in [0.15, 0.2) is 97.2 Å². The normalized spacial score (nSPS) is 12.8. The Kier molecular flexibility index (Phi) is 51.9. The van der Waals surface area contributed by atoms with Gasteiger partial charge in [-0.25, -0.2) is 0 Å². The van der Waals surface area contributed by atoms with Crippen molar-refractivity contribution in [3.63, 3.8) is 0 Å². The summed E-state index contributed by atoms with van der Waals surface area (Å²) in [4.78, 5) is 38.0. The van der Waals surface area contributed by atoms with Crippen LogP contribution in [0.25, 0.3) is 0 Å². The van der Waals surface area contributed by atoms with Crippen LogP contribution in [0, 0.1) is 0 Å². The average molecular weight is 931 g/mol. The van der Waals surface area contributed by atoms with Crippen molar-refractivity contribution < 1.29 is 28.6 Å². The van der Waals surface area contributed by atoms with Gasteiger partial charge in [-0.05, 0) is 96.3 Å². The van der Waals surface area contributed by atoms with Gasteiger partial charge in [0.15, 0.2) is 6.10 Å². The van der Waals surface area contributed by atoms with Crippen LogP contribution in [-0.2, 0) is 28.6 Å². The van der Waals surface area contributed by atoms with E-state index in [0.29, 0.717) is 19.3 Å². The standard InChI is InChI=1S/C61H102O6/c1-4-7-10-13-16-19-22-25-26-27-28-29-30-31-32-33-34-37-39-42-45-48-51-54-60(63)66-57-58(67-61(64)55-52-49-46-43-40-36-24-21-18-15-12-9-6-3)56-65-59(62)53-50-47-44-41-38-35-23-20-17-14-11-8-5-2/h7,10,16,19,21,24-26,28-29,31-32,34,37,42,45,58H,4-6,8-9,11-15,17-18,20,22-23,27,30,33,35-36,38-41,43-44,46-57H2,1-3H3/b10-7-,19-16-,24-21-,26-25-,29-28-,32-31-,37-34-,45-42-. The molecule has 0 aromatic rings. The quantitative estimate of drug-likeness (QED) is 0.0262. The van der Waals surface area contributed by atoms with Gasteiger partial charge in [-0.1, -0.05) is 234 Å². The van der Waals surface area contributed by atoms with E-state index in [-0.39, 0.29) is 37.5 Å². The average Bonchev–Trinajstić information content (AvgIpc) is 3.33. The van der Waals surface area contributed by atoms with Crippen LogP contribution in [0.1, 0.15) is 252 Å². The first-order valence-corrected chi connectivity index (χ1v) is 27.7. The molecule has 0 rings (SSSR count). The molecule has 0 N–H and O–H groups in total. The van der Waals surface area contributed by atoms with E-state index in [1.807, 2.05) is 0 Å². The van der Waals surface area contributed by atoms with E-state index in [9.17, 15) is 14.4 Å². The second kappa shape index (κ2) is 54.9. The van der Waals surface area contributed by atoms with Crippen molar-refractivity contribution in [3.8, 4) is 0 Å². The van der Waals surface area contributed by atoms with Crippen molar-refractivity contribution in [2.24, 2.45) is 0 Å². The number of carbonyl (C=O) groups is 3. The second-order valence-electron chi connectivity index (χ2n) is 18.1. The van der Waals surface area contributed by atoms with Crippen LogP contribution < -0.4 is 0 Å². The van der Waals surface area contributed by atoms with Crippen molar-refractivity contribution in [2.45, 2.75) is 258 Å². The van der Waals surface area contributed by atoms with Crippen molar-refractivity contribution in [1.82, 2.24) is 0 Å². The summed E-state index contributed by atoms with van der Waals surface area (Å²) in [6.45, 7) is 6.45. The van der Waals surface area contributed by atoms with Gasteiger partial charge in [-0.3, -0.25) is 14.4 Å². The monoisotopic (exact) mass is 931 g/mol. The first kappa shape index (κ1) is 63.3. The molecule has 1 unspecified atom stereocenters. The number of hydrogen-bond acceptors (Lipinski definition) is 6. The predicted molar refractivity (Wildman–Crippen MR) is 288 cm³/mol. The fourth-order valence-corrected chi connectivity index (χ4v) is 7.43. The first-order chi connectivity index (χ1) is 33.0. The minimum absolute atomic E-state index is 0.0975. The van der Waals surface area contributed by atoms with E-state index in [2.05, 4.69) is 118 Å². The molecule has 0 aliphatic carbocycles. The molecule has 0 saturated carbocycles. The maximum Gasteiger partial charge on any atom is 0.306 e. The lowest BCUT2D eigenvalue weighted by atomic mass is 10.0. The van der Waals surface area contributed by atoms with Crippen molar-refractivity contribution in [2.75, 3.05) is 13.2 Å². The number of esters is 3. The van der Waals surface area contributed by atoms with E-state index in [4.69, 9.17) is 14.2 Å². The summed E-state index contributed by atoms with van der Waals surface area (Å²) in [5.74, 6) is -0.967. The van der Waals surface area contributed by atoms with Gasteiger partial charge in [0, 0.05) is 19.3 Å². The zero-order chi connectivity index (χ0) is 48.6. The number of allylic oxidation sites excluding steroid dienone is 16. The molecule has 0 bridgehead atoms. The number of ether oxygens (including phenoxy) is 3. The van der Waals surface area contributed by atoms with Crippen LogP contribution in [0.5, 0.6) is 0 Å². The maximum atomic E-state index is 12.8. The van der Waals surface area contributed by atoms with Gasteiger partial charge < -0.3 is 14.2 Å². The molecule has 382 valence electrons. The molecule has 0 aromatic carbocycles. The third-order valence-corrected chi connectivity index (χ3v) is 11.6. The van der Waals surface area contributed by atoms with Crippen molar-refractivity contribution in [1.29, 1.82) is 0 Å². The van der Waals surface area contributed by atoms with Gasteiger partial charge in [-0.2, -0.15) is 0 Å². The zero-order valence-corrected chi connectivity index (χ0v) is 43.6. The first-order valence-electron chi connectivity index (χ1n) is 27.7. The zero-order valence-electron chi connectivity index (χ0n) is 43.6. The maximum absolute atomic E-state index is 12.8. The van der Waals surface area contributed by atoms with Crippen LogP contribution in [-0.4, -0.2) is 37.2 Å². The fourth-order valence-electron chi connectivity index (χ4n) is 7.43. The highest BCUT2D eigenvalue weighted by Gasteiger charge is 2.19. The lowest BCUT2D eigenvalue weighted by molar-refractivity contribution is -0.167. The minimum atomic E-state index is -0.804. The van der Waals surface area contributed by atoms with Crippen LogP contribution >= 0.6 is 0 Å². The van der Waals surface area contributed by atoms with Gasteiger partial charge in [0.05, 0.1) is 0 Å². The molecule has 0 amide bonds. The van der Waals surface area contributed by atoms with E-state index in [1.165, 1.54) is 103 Å². The molecule has 0 aliphatic heterocycles. The Morgan fingerprint density at radius 1 is 0.313 bits per heavy atom. The highest BCUT2D eigenvalue weighted by molar-refractivity contribution is 5.71. The molecule has 67 heavy (non-hydrogen) atoms. The molecule has 1 atom stereocenters. The van der Waals surface area contributed by atoms with Gasteiger partial charge in [0.1, 0.15) is 13.2 Å². The predicted octanol–water partition coefficient (Wildman–Crippen LogP) is 18.5. The molecule has 6 nitrogen and oxygen atoms in total. The fraction of sp³-hybridized carbons (Fsp3) is 0.689. The molecular weight excluding hydrogens is 829 g/mol. The summed E-state index contributed by atoms with van der Waals surface area (Å²) in [5, 5.41) is 0. The van der Waals surface area contributed by atoms with Crippen LogP contribution in [0.3, 0.4) is 0 Å². The summed E-state index contributed by atoms with van der Waals surface area (Å²) in [7, 11) is 0. The van der Waals surface area contributed by atoms with Crippen molar-refractivity contribution in [3.05, 3.63) is 97.2 Å². The van der Waals surface area contributed by atoms with Gasteiger partial charge in [0.25, 0.3) is 0 Å². The van der Waals surface area contributed by atoms with Gasteiger partial charge in [-0.15, -0.1) is 0 Å². The molecule has 0 fully saturated rings. The lowest BCUT2D eigenvalue weighted by Gasteiger charge is -2.18. The van der Waals surface area contributed by atoms with E-state index < -0.39 is 6.10 Å². The Morgan fingerprint density at radius 3 is 1.00 bits per heavy atom. The number of rotatable bonds is 49. The summed E-state index contributed by atoms with van der Waals surface area (Å²) in [6.07, 6.45) is 72.5. The van der Waals surface area contributed by atoms with Crippen LogP contribution in [0.2, 0.25) is 0 Å². The van der Waals surface area contributed by atoms with Crippen molar-refractivity contribution >= 4 is 17.9 Å². The molecular formula is C61H102O6. The van der Waals surface area contributed by atoms with Crippen LogP contribution in [0.4, 0.5) is 0 Å². The smallest absolute Gasteiger partial charge is 0.306 e. The summed E-state index contributed by atoms with van der Waals surface area (Å²) >= 11 is 0. The minimum Gasteiger partial charge on any atom is -0.462 e. The Balaban J connectivity index is 4.45. The number of hydrogen-bond donors (Lipinski definition) is 0. The van der Waals surface area contributed by atoms with Gasteiger partial charge >= 0.3 is 17.9 Å². The topological polar surface area (TPSA) is 78.9 Å². The van der Waals surface area contributed by atoms with E-state index in [1.54, 1.807) is 0 Å². The third kappa shape index (κ3) is 53.2. The summed E-state index contributed by atoms with van der Waals surface area (Å²) < 4.78 is 16.8. The molecule has 0 radical (unpaired) electrons. The molecule has 6 heteroatoms. The highest BCUT2D eigenvalue weighted by atomic mass is 16.6. The Morgan fingerprint density at radius 2 is 0.597 bits per heavy atom. The van der Waals surface area contributed by atoms with E-state index in [0.717, 1.165) is 103 Å². The molecule has 0 saturated heterocycles. The third-order valence-electron chi connectivity index (χ3n) is 11.6. The van der Waals surface area contributed by atoms with E-state index >= 15 is 0 Å². The number of carbonyl (C=O) groups excluding carboxylic acids is 3. The number of unbranched alkanes of at least 4 members (excludes halogenated alkanes) is 22. The molecule has 0 aromatic heterocycles. The second-order valence-corrected chi connectivity index (χ2v) is 18.1. The molecule has 0 aliphatic rings. The Bertz CT molecular complexity index is 1350. The SMILES string of the molecule is CC/C=C\C/C=C\C/C=C\C/C=C\C/C=C\C/C=C\C/C=C\CCCC(=O)OCC(COC(=O)CCCCCCCCCCCCCCC)OC(=O)CCCCCCC/C=C\CCCCCC. The Hall–Kier alpha value is -3.67.